The molecule has 0 aliphatic heterocycles. The van der Waals surface area contributed by atoms with E-state index in [1.165, 1.54) is 11.1 Å². The van der Waals surface area contributed by atoms with E-state index in [1.807, 2.05) is 18.2 Å². The maximum absolute atomic E-state index is 10.7. The number of ether oxygens (including phenoxy) is 3. The van der Waals surface area contributed by atoms with E-state index in [0.717, 1.165) is 38.5 Å². The van der Waals surface area contributed by atoms with E-state index in [1.54, 1.807) is 26.4 Å². The summed E-state index contributed by atoms with van der Waals surface area (Å²) < 4.78 is 16.8. The van der Waals surface area contributed by atoms with Gasteiger partial charge >= 0.3 is 0 Å². The number of benzene rings is 2. The van der Waals surface area contributed by atoms with E-state index < -0.39 is 0 Å². The first-order valence-electron chi connectivity index (χ1n) is 11.4. The van der Waals surface area contributed by atoms with Crippen LogP contribution in [-0.4, -0.2) is 30.5 Å². The number of rotatable bonds is 4. The summed E-state index contributed by atoms with van der Waals surface area (Å²) in [7, 11) is 3.19. The molecule has 2 aromatic rings. The van der Waals surface area contributed by atoms with E-state index in [-0.39, 0.29) is 17.3 Å². The molecule has 2 aromatic carbocycles. The second-order valence-electron chi connectivity index (χ2n) is 9.69. The van der Waals surface area contributed by atoms with Crippen LogP contribution in [0.1, 0.15) is 56.1 Å². The Morgan fingerprint density at radius 2 is 1.74 bits per heavy atom. The average molecular weight is 425 g/mol. The lowest BCUT2D eigenvalue weighted by molar-refractivity contribution is -0.0226. The van der Waals surface area contributed by atoms with Crippen LogP contribution in [0.5, 0.6) is 28.7 Å². The third-order valence-corrected chi connectivity index (χ3v) is 8.34. The summed E-state index contributed by atoms with van der Waals surface area (Å²) in [5.74, 6) is 4.12. The van der Waals surface area contributed by atoms with Gasteiger partial charge in [-0.3, -0.25) is 0 Å². The number of phenolic OH excluding ortho intramolecular Hbond substituents is 1. The van der Waals surface area contributed by atoms with E-state index in [9.17, 15) is 10.2 Å². The first-order chi connectivity index (χ1) is 14.9. The van der Waals surface area contributed by atoms with Crippen molar-refractivity contribution >= 4 is 0 Å². The molecule has 0 bridgehead atoms. The van der Waals surface area contributed by atoms with E-state index in [4.69, 9.17) is 14.2 Å². The van der Waals surface area contributed by atoms with Crippen LogP contribution in [0.3, 0.4) is 0 Å². The minimum absolute atomic E-state index is 0.0641. The fourth-order valence-corrected chi connectivity index (χ4v) is 6.65. The summed E-state index contributed by atoms with van der Waals surface area (Å²) in [6.07, 6.45) is 6.16. The molecular weight excluding hydrogens is 392 g/mol. The van der Waals surface area contributed by atoms with Gasteiger partial charge < -0.3 is 24.4 Å². The molecule has 5 nitrogen and oxygen atoms in total. The monoisotopic (exact) mass is 424 g/mol. The Morgan fingerprint density at radius 3 is 2.52 bits per heavy atom. The van der Waals surface area contributed by atoms with Gasteiger partial charge in [-0.15, -0.1) is 0 Å². The standard InChI is InChI=1S/C26H32O5/c1-26-11-10-17-18(20(26)7-9-25(26)28)6-4-15-12-21(27)23(14-19(15)17)31-16-5-8-22(29-2)24(13-16)30-3/h5,8,12-14,17-18,20,25,27-28H,4,6-7,9-11H2,1-3H3/t17-,18+,20-,25?,26-/m0/s1. The fourth-order valence-electron chi connectivity index (χ4n) is 6.65. The van der Waals surface area contributed by atoms with Gasteiger partial charge in [-0.25, -0.2) is 0 Å². The zero-order valence-corrected chi connectivity index (χ0v) is 18.6. The number of hydrogen-bond donors (Lipinski definition) is 2. The van der Waals surface area contributed by atoms with E-state index in [0.29, 0.717) is 40.8 Å². The van der Waals surface area contributed by atoms with Crippen LogP contribution in [0.4, 0.5) is 0 Å². The lowest BCUT2D eigenvalue weighted by atomic mass is 9.55. The predicted octanol–water partition coefficient (Wildman–Crippen LogP) is 5.42. The molecule has 0 heterocycles. The van der Waals surface area contributed by atoms with Gasteiger partial charge in [0.15, 0.2) is 23.0 Å². The minimum atomic E-state index is -0.163. The third-order valence-electron chi connectivity index (χ3n) is 8.34. The molecule has 3 aliphatic carbocycles. The molecule has 0 spiro atoms. The summed E-state index contributed by atoms with van der Waals surface area (Å²) >= 11 is 0. The highest BCUT2D eigenvalue weighted by Gasteiger charge is 2.54. The van der Waals surface area contributed by atoms with Gasteiger partial charge in [0.05, 0.1) is 20.3 Å². The van der Waals surface area contributed by atoms with Crippen LogP contribution in [0.2, 0.25) is 0 Å². The van der Waals surface area contributed by atoms with Crippen LogP contribution in [0.15, 0.2) is 30.3 Å². The second kappa shape index (κ2) is 7.63. The van der Waals surface area contributed by atoms with Crippen LogP contribution in [0, 0.1) is 17.3 Å². The molecule has 5 atom stereocenters. The summed E-state index contributed by atoms with van der Waals surface area (Å²) in [4.78, 5) is 0. The smallest absolute Gasteiger partial charge is 0.169 e. The molecule has 166 valence electrons. The SMILES string of the molecule is COc1ccc(Oc2cc3c(cc2O)CC[C@@H]2[C@@H]3CC[C@]3(C)C(O)CC[C@@H]23)cc1OC. The molecule has 1 unspecified atom stereocenters. The molecule has 5 heteroatoms. The summed E-state index contributed by atoms with van der Waals surface area (Å²) in [5.41, 5.74) is 2.61. The highest BCUT2D eigenvalue weighted by atomic mass is 16.5. The molecule has 0 radical (unpaired) electrons. The van der Waals surface area contributed by atoms with Gasteiger partial charge in [0.2, 0.25) is 0 Å². The molecular formula is C26H32O5. The fraction of sp³-hybridized carbons (Fsp3) is 0.538. The Balaban J connectivity index is 1.46. The third kappa shape index (κ3) is 3.25. The van der Waals surface area contributed by atoms with Crippen molar-refractivity contribution in [1.82, 2.24) is 0 Å². The van der Waals surface area contributed by atoms with Crippen molar-refractivity contribution < 1.29 is 24.4 Å². The van der Waals surface area contributed by atoms with Gasteiger partial charge in [0.1, 0.15) is 5.75 Å². The molecule has 3 aliphatic rings. The maximum Gasteiger partial charge on any atom is 0.169 e. The Hall–Kier alpha value is -2.40. The minimum Gasteiger partial charge on any atom is -0.504 e. The quantitative estimate of drug-likeness (QED) is 0.686. The first kappa shape index (κ1) is 20.5. The lowest BCUT2D eigenvalue weighted by Crippen LogP contribution is -2.43. The Bertz CT molecular complexity index is 986. The maximum atomic E-state index is 10.7. The van der Waals surface area contributed by atoms with Crippen molar-refractivity contribution in [2.75, 3.05) is 14.2 Å². The van der Waals surface area contributed by atoms with Crippen molar-refractivity contribution in [1.29, 1.82) is 0 Å². The number of aliphatic hydroxyl groups is 1. The summed E-state index contributed by atoms with van der Waals surface area (Å²) in [6.45, 7) is 2.30. The van der Waals surface area contributed by atoms with Crippen LogP contribution >= 0.6 is 0 Å². The second-order valence-corrected chi connectivity index (χ2v) is 9.69. The van der Waals surface area contributed by atoms with Crippen molar-refractivity contribution in [3.05, 3.63) is 41.5 Å². The molecule has 2 N–H and O–H groups in total. The van der Waals surface area contributed by atoms with Crippen LogP contribution < -0.4 is 14.2 Å². The van der Waals surface area contributed by atoms with E-state index >= 15 is 0 Å². The van der Waals surface area contributed by atoms with Crippen LogP contribution in [0.25, 0.3) is 0 Å². The van der Waals surface area contributed by atoms with Crippen LogP contribution in [-0.2, 0) is 6.42 Å². The molecule has 5 rings (SSSR count). The predicted molar refractivity (Wildman–Crippen MR) is 118 cm³/mol. The van der Waals surface area contributed by atoms with Gasteiger partial charge in [-0.1, -0.05) is 6.92 Å². The van der Waals surface area contributed by atoms with Gasteiger partial charge in [0, 0.05) is 6.07 Å². The molecule has 2 fully saturated rings. The van der Waals surface area contributed by atoms with Crippen molar-refractivity contribution in [3.8, 4) is 28.7 Å². The molecule has 0 aromatic heterocycles. The Kier molecular flexibility index (Phi) is 5.04. The van der Waals surface area contributed by atoms with Gasteiger partial charge in [0.25, 0.3) is 0 Å². The molecule has 2 saturated carbocycles. The highest BCUT2D eigenvalue weighted by Crippen LogP contribution is 2.61. The topological polar surface area (TPSA) is 68.2 Å². The number of aliphatic hydroxyl groups excluding tert-OH is 1. The normalized spacial score (nSPS) is 31.4. The van der Waals surface area contributed by atoms with Gasteiger partial charge in [-0.2, -0.15) is 0 Å². The van der Waals surface area contributed by atoms with Crippen molar-refractivity contribution in [2.45, 2.75) is 57.5 Å². The average Bonchev–Trinajstić information content (AvgIpc) is 3.08. The number of aryl methyl sites for hydroxylation is 1. The van der Waals surface area contributed by atoms with Crippen molar-refractivity contribution in [2.24, 2.45) is 17.3 Å². The molecule has 0 saturated heterocycles. The number of methoxy groups -OCH3 is 2. The highest BCUT2D eigenvalue weighted by molar-refractivity contribution is 5.52. The number of aromatic hydroxyl groups is 1. The summed E-state index contributed by atoms with van der Waals surface area (Å²) in [5, 5.41) is 21.3. The summed E-state index contributed by atoms with van der Waals surface area (Å²) in [6, 6.07) is 9.32. The molecule has 31 heavy (non-hydrogen) atoms. The lowest BCUT2D eigenvalue weighted by Gasteiger charge is -2.50. The largest absolute Gasteiger partial charge is 0.504 e. The van der Waals surface area contributed by atoms with Crippen molar-refractivity contribution in [3.63, 3.8) is 0 Å². The Labute approximate surface area is 184 Å². The van der Waals surface area contributed by atoms with Gasteiger partial charge in [-0.05, 0) is 97.1 Å². The number of fused-ring (bicyclic) bond motifs is 5. The first-order valence-corrected chi connectivity index (χ1v) is 11.4. The molecule has 0 amide bonds. The van der Waals surface area contributed by atoms with E-state index in [2.05, 4.69) is 6.92 Å². The number of phenols is 1. The zero-order chi connectivity index (χ0) is 21.8. The zero-order valence-electron chi connectivity index (χ0n) is 18.6. The number of hydrogen-bond acceptors (Lipinski definition) is 5. The Morgan fingerprint density at radius 1 is 0.935 bits per heavy atom.